The number of hydrogen-bond donors (Lipinski definition) is 1. The summed E-state index contributed by atoms with van der Waals surface area (Å²) in [5, 5.41) is 0. The smallest absolute Gasteiger partial charge is 0.270 e. The minimum Gasteiger partial charge on any atom is -0.493 e. The lowest BCUT2D eigenvalue weighted by Crippen LogP contribution is -2.47. The number of fused-ring (bicyclic) bond motifs is 11. The maximum atomic E-state index is 13.9. The van der Waals surface area contributed by atoms with Gasteiger partial charge in [0.15, 0.2) is 11.5 Å². The average molecular weight is 506 g/mol. The molecule has 1 N–H and O–H groups in total. The van der Waals surface area contributed by atoms with Crippen molar-refractivity contribution in [3.05, 3.63) is 77.1 Å². The Morgan fingerprint density at radius 2 is 1.78 bits per heavy atom. The average Bonchev–Trinajstić information content (AvgIpc) is 3.47. The van der Waals surface area contributed by atoms with Gasteiger partial charge in [-0.1, -0.05) is 12.1 Å². The molecule has 194 valence electrons. The van der Waals surface area contributed by atoms with Crippen molar-refractivity contribution < 1.29 is 28.5 Å². The van der Waals surface area contributed by atoms with Crippen LogP contribution in [-0.2, 0) is 16.0 Å². The number of aromatic nitrogens is 1. The van der Waals surface area contributed by atoms with E-state index in [1.807, 2.05) is 41.3 Å². The first-order chi connectivity index (χ1) is 18.1. The van der Waals surface area contributed by atoms with Crippen molar-refractivity contribution in [2.24, 2.45) is 0 Å². The van der Waals surface area contributed by atoms with Crippen LogP contribution in [0.5, 0.6) is 17.2 Å². The van der Waals surface area contributed by atoms with E-state index >= 15 is 0 Å². The van der Waals surface area contributed by atoms with Gasteiger partial charge in [0, 0.05) is 19.3 Å². The molecule has 3 aromatic rings. The Kier molecular flexibility index (Phi) is 7.32. The number of rotatable bonds is 3. The first kappa shape index (κ1) is 24.7. The van der Waals surface area contributed by atoms with Crippen molar-refractivity contribution in [3.63, 3.8) is 0 Å². The Bertz CT molecular complexity index is 1240. The van der Waals surface area contributed by atoms with Gasteiger partial charge in [-0.3, -0.25) is 9.59 Å². The summed E-state index contributed by atoms with van der Waals surface area (Å²) in [6.45, 7) is 1.79. The molecule has 2 bridgehead atoms. The van der Waals surface area contributed by atoms with Crippen LogP contribution in [0.1, 0.15) is 33.2 Å². The number of nitrogens with zero attached hydrogens (tertiary/aromatic N) is 2. The third-order valence-corrected chi connectivity index (χ3v) is 6.83. The second-order valence-corrected chi connectivity index (χ2v) is 8.99. The predicted octanol–water partition coefficient (Wildman–Crippen LogP) is 3.06. The zero-order chi connectivity index (χ0) is 25.8. The molecule has 1 aromatic heterocycles. The zero-order valence-electron chi connectivity index (χ0n) is 21.1. The number of amides is 2. The monoisotopic (exact) mass is 505 g/mol. The van der Waals surface area contributed by atoms with Crippen LogP contribution in [0.25, 0.3) is 0 Å². The molecule has 6 rings (SSSR count). The molecule has 4 heterocycles. The molecule has 0 spiro atoms. The Hall–Kier alpha value is -3.98. The topological polar surface area (TPSA) is 93.3 Å². The number of aromatic amines is 1. The summed E-state index contributed by atoms with van der Waals surface area (Å²) in [4.78, 5) is 33.4. The molecule has 1 unspecified atom stereocenters. The maximum Gasteiger partial charge on any atom is 0.270 e. The molecule has 9 nitrogen and oxygen atoms in total. The van der Waals surface area contributed by atoms with Crippen LogP contribution in [0.4, 0.5) is 0 Å². The number of carbonyl (C=O) groups excluding carboxylic acids is 2. The van der Waals surface area contributed by atoms with Gasteiger partial charge in [0.1, 0.15) is 24.6 Å². The van der Waals surface area contributed by atoms with Crippen LogP contribution in [-0.4, -0.2) is 80.3 Å². The number of carbonyl (C=O) groups is 2. The summed E-state index contributed by atoms with van der Waals surface area (Å²) in [6.07, 6.45) is 2.35. The molecule has 0 fully saturated rings. The zero-order valence-corrected chi connectivity index (χ0v) is 21.1. The summed E-state index contributed by atoms with van der Waals surface area (Å²) in [5.74, 6) is 1.61. The van der Waals surface area contributed by atoms with E-state index in [4.69, 9.17) is 18.9 Å². The number of benzene rings is 2. The van der Waals surface area contributed by atoms with Gasteiger partial charge < -0.3 is 33.7 Å². The van der Waals surface area contributed by atoms with Gasteiger partial charge in [-0.25, -0.2) is 0 Å². The normalized spacial score (nSPS) is 18.2. The van der Waals surface area contributed by atoms with E-state index in [9.17, 15) is 9.59 Å². The van der Waals surface area contributed by atoms with Crippen LogP contribution in [0.3, 0.4) is 0 Å². The van der Waals surface area contributed by atoms with E-state index in [2.05, 4.69) is 4.98 Å². The fraction of sp³-hybridized carbons (Fsp3) is 0.357. The minimum atomic E-state index is -0.353. The van der Waals surface area contributed by atoms with Gasteiger partial charge in [0.05, 0.1) is 33.5 Å². The number of nitrogens with one attached hydrogen (secondary N) is 1. The third-order valence-electron chi connectivity index (χ3n) is 6.83. The van der Waals surface area contributed by atoms with Crippen molar-refractivity contribution in [1.29, 1.82) is 0 Å². The highest BCUT2D eigenvalue weighted by Crippen LogP contribution is 2.41. The molecule has 0 saturated carbocycles. The first-order valence-corrected chi connectivity index (χ1v) is 12.4. The minimum absolute atomic E-state index is 0.0606. The summed E-state index contributed by atoms with van der Waals surface area (Å²) in [6, 6.07) is 14.8. The van der Waals surface area contributed by atoms with Crippen LogP contribution in [0, 0.1) is 0 Å². The quantitative estimate of drug-likeness (QED) is 0.550. The lowest BCUT2D eigenvalue weighted by Gasteiger charge is -2.39. The Balaban J connectivity index is 1.54. The van der Waals surface area contributed by atoms with Crippen LogP contribution in [0.2, 0.25) is 0 Å². The van der Waals surface area contributed by atoms with E-state index in [1.165, 1.54) is 0 Å². The molecule has 2 aromatic carbocycles. The van der Waals surface area contributed by atoms with Crippen LogP contribution < -0.4 is 14.2 Å². The van der Waals surface area contributed by atoms with E-state index in [0.29, 0.717) is 50.0 Å². The van der Waals surface area contributed by atoms with E-state index < -0.39 is 0 Å². The van der Waals surface area contributed by atoms with E-state index in [0.717, 1.165) is 22.4 Å². The molecule has 0 aliphatic carbocycles. The molecule has 2 amide bonds. The van der Waals surface area contributed by atoms with Gasteiger partial charge in [-0.15, -0.1) is 0 Å². The summed E-state index contributed by atoms with van der Waals surface area (Å²) >= 11 is 0. The maximum absolute atomic E-state index is 13.9. The van der Waals surface area contributed by atoms with Crippen molar-refractivity contribution in [3.8, 4) is 17.2 Å². The fourth-order valence-electron chi connectivity index (χ4n) is 4.96. The number of H-pyrrole nitrogens is 1. The molecule has 3 aliphatic heterocycles. The third kappa shape index (κ3) is 5.13. The molecule has 0 radical (unpaired) electrons. The highest BCUT2D eigenvalue weighted by molar-refractivity contribution is 5.95. The lowest BCUT2D eigenvalue weighted by molar-refractivity contribution is -0.134. The van der Waals surface area contributed by atoms with Crippen LogP contribution in [0.15, 0.2) is 54.7 Å². The van der Waals surface area contributed by atoms with Gasteiger partial charge in [0.25, 0.3) is 5.91 Å². The summed E-state index contributed by atoms with van der Waals surface area (Å²) in [7, 11) is 3.22. The van der Waals surface area contributed by atoms with Gasteiger partial charge >= 0.3 is 0 Å². The summed E-state index contributed by atoms with van der Waals surface area (Å²) < 4.78 is 22.7. The van der Waals surface area contributed by atoms with E-state index in [1.54, 1.807) is 37.4 Å². The van der Waals surface area contributed by atoms with Gasteiger partial charge in [-0.05, 0) is 59.5 Å². The van der Waals surface area contributed by atoms with Crippen molar-refractivity contribution >= 4 is 11.8 Å². The second-order valence-electron chi connectivity index (χ2n) is 8.99. The van der Waals surface area contributed by atoms with Crippen molar-refractivity contribution in [2.45, 2.75) is 12.5 Å². The predicted molar refractivity (Wildman–Crippen MR) is 136 cm³/mol. The highest BCUT2D eigenvalue weighted by atomic mass is 16.5. The van der Waals surface area contributed by atoms with Gasteiger partial charge in [0.2, 0.25) is 5.91 Å². The second kappa shape index (κ2) is 11.0. The van der Waals surface area contributed by atoms with Crippen LogP contribution >= 0.6 is 0 Å². The molecule has 9 heteroatoms. The molecule has 37 heavy (non-hydrogen) atoms. The standard InChI is InChI=1S/C28H31N3O6/c1-34-24-16-20-9-11-31-26(32)18-30(28(33)23-4-3-10-29-23)12-13-36-14-15-37-21-7-5-19(6-8-21)27(31)22(20)17-25(24)35-2/h3-8,10,16-17,27,29H,9,11-15,18H2,1-2H3. The van der Waals surface area contributed by atoms with Gasteiger partial charge in [-0.2, -0.15) is 0 Å². The SMILES string of the molecule is COc1cc2c(cc1OC)C1c3ccc(cc3)OCCOCCN(C(=O)c3ccc[nH]3)CC(=O)N1CC2. The Labute approximate surface area is 215 Å². The number of hydrogen-bond acceptors (Lipinski definition) is 6. The number of methoxy groups -OCH3 is 2. The lowest BCUT2D eigenvalue weighted by atomic mass is 9.87. The largest absolute Gasteiger partial charge is 0.493 e. The molecular formula is C28H31N3O6. The fourth-order valence-corrected chi connectivity index (χ4v) is 4.96. The molecule has 3 aliphatic rings. The highest BCUT2D eigenvalue weighted by Gasteiger charge is 2.35. The molecular weight excluding hydrogens is 474 g/mol. The Morgan fingerprint density at radius 1 is 1.00 bits per heavy atom. The first-order valence-electron chi connectivity index (χ1n) is 12.4. The molecule has 0 saturated heterocycles. The van der Waals surface area contributed by atoms with Crippen molar-refractivity contribution in [1.82, 2.24) is 14.8 Å². The summed E-state index contributed by atoms with van der Waals surface area (Å²) in [5.41, 5.74) is 3.45. The Morgan fingerprint density at radius 3 is 2.51 bits per heavy atom. The molecule has 1 atom stereocenters. The number of ether oxygens (including phenoxy) is 4. The van der Waals surface area contributed by atoms with E-state index in [-0.39, 0.29) is 30.9 Å². The van der Waals surface area contributed by atoms with Crippen molar-refractivity contribution in [2.75, 3.05) is 53.7 Å².